The summed E-state index contributed by atoms with van der Waals surface area (Å²) >= 11 is 5.85. The Morgan fingerprint density at radius 3 is 2.00 bits per heavy atom. The van der Waals surface area contributed by atoms with E-state index in [-0.39, 0.29) is 0 Å². The molecule has 0 spiro atoms. The summed E-state index contributed by atoms with van der Waals surface area (Å²) in [4.78, 5) is 0. The van der Waals surface area contributed by atoms with E-state index in [1.54, 1.807) is 0 Å². The van der Waals surface area contributed by atoms with E-state index in [9.17, 15) is 0 Å². The number of hydrogen-bond acceptors (Lipinski definition) is 0. The van der Waals surface area contributed by atoms with Gasteiger partial charge in [0.05, 0.1) is 19.6 Å². The molecular formula is C16H23ClN+. The van der Waals surface area contributed by atoms with E-state index < -0.39 is 0 Å². The van der Waals surface area contributed by atoms with Crippen LogP contribution in [0.2, 0.25) is 5.02 Å². The highest BCUT2D eigenvalue weighted by Gasteiger charge is 2.18. The smallest absolute Gasteiger partial charge is 0.140 e. The number of rotatable bonds is 5. The minimum absolute atomic E-state index is 0.783. The van der Waals surface area contributed by atoms with Gasteiger partial charge in [-0.25, -0.2) is 0 Å². The van der Waals surface area contributed by atoms with Crippen molar-refractivity contribution in [1.82, 2.24) is 0 Å². The van der Waals surface area contributed by atoms with Crippen LogP contribution in [0.5, 0.6) is 0 Å². The summed E-state index contributed by atoms with van der Waals surface area (Å²) in [5.41, 5.74) is 1.23. The van der Waals surface area contributed by atoms with Crippen LogP contribution in [0.25, 0.3) is 0 Å². The minimum atomic E-state index is 0.783. The Hall–Kier alpha value is -0.970. The van der Waals surface area contributed by atoms with Crippen molar-refractivity contribution in [1.29, 1.82) is 0 Å². The van der Waals surface area contributed by atoms with Gasteiger partial charge in [-0.05, 0) is 44.4 Å². The van der Waals surface area contributed by atoms with Crippen molar-refractivity contribution < 1.29 is 4.48 Å². The molecule has 1 aromatic rings. The molecule has 0 radical (unpaired) electrons. The van der Waals surface area contributed by atoms with Crippen molar-refractivity contribution in [2.24, 2.45) is 0 Å². The summed E-state index contributed by atoms with van der Waals surface area (Å²) in [6.07, 6.45) is 0.814. The third-order valence-electron chi connectivity index (χ3n) is 3.76. The van der Waals surface area contributed by atoms with Crippen LogP contribution >= 0.6 is 11.6 Å². The van der Waals surface area contributed by atoms with Gasteiger partial charge in [0.1, 0.15) is 6.54 Å². The maximum Gasteiger partial charge on any atom is 0.140 e. The van der Waals surface area contributed by atoms with Crippen LogP contribution in [-0.4, -0.2) is 30.7 Å². The zero-order chi connectivity index (χ0) is 13.4. The van der Waals surface area contributed by atoms with Crippen molar-refractivity contribution in [2.75, 3.05) is 26.2 Å². The third kappa shape index (κ3) is 4.37. The molecule has 18 heavy (non-hydrogen) atoms. The second-order valence-corrected chi connectivity index (χ2v) is 5.04. The number of quaternary nitrogens is 1. The summed E-state index contributed by atoms with van der Waals surface area (Å²) in [6, 6.07) is 7.92. The molecule has 0 atom stereocenters. The van der Waals surface area contributed by atoms with Crippen LogP contribution in [0.3, 0.4) is 0 Å². The first-order valence-corrected chi connectivity index (χ1v) is 7.09. The third-order valence-corrected chi connectivity index (χ3v) is 4.01. The molecule has 0 heterocycles. The lowest BCUT2D eigenvalue weighted by Gasteiger charge is -2.33. The molecular weight excluding hydrogens is 242 g/mol. The van der Waals surface area contributed by atoms with E-state index in [4.69, 9.17) is 11.6 Å². The standard InChI is InChI=1S/C16H23ClN/c1-4-18(5-2,6-3)14-8-7-9-15-10-12-16(17)13-11-15/h10-13H,4-6,9,14H2,1-3H3/q+1. The van der Waals surface area contributed by atoms with Crippen molar-refractivity contribution in [3.8, 4) is 11.8 Å². The molecule has 0 aliphatic rings. The van der Waals surface area contributed by atoms with E-state index in [1.807, 2.05) is 24.3 Å². The van der Waals surface area contributed by atoms with Gasteiger partial charge in [0, 0.05) is 11.4 Å². The fourth-order valence-electron chi connectivity index (χ4n) is 2.00. The lowest BCUT2D eigenvalue weighted by Crippen LogP contribution is -2.47. The van der Waals surface area contributed by atoms with Crippen molar-refractivity contribution in [3.05, 3.63) is 34.9 Å². The van der Waals surface area contributed by atoms with Crippen LogP contribution < -0.4 is 0 Å². The van der Waals surface area contributed by atoms with Crippen LogP contribution in [0.4, 0.5) is 0 Å². The number of benzene rings is 1. The highest BCUT2D eigenvalue weighted by atomic mass is 35.5. The second kappa shape index (κ2) is 7.46. The van der Waals surface area contributed by atoms with Gasteiger partial charge in [-0.3, -0.25) is 0 Å². The largest absolute Gasteiger partial charge is 0.314 e. The van der Waals surface area contributed by atoms with Gasteiger partial charge < -0.3 is 4.48 Å². The molecule has 0 fully saturated rings. The lowest BCUT2D eigenvalue weighted by molar-refractivity contribution is -0.916. The van der Waals surface area contributed by atoms with E-state index >= 15 is 0 Å². The quantitative estimate of drug-likeness (QED) is 0.561. The Balaban J connectivity index is 2.54. The maximum absolute atomic E-state index is 5.85. The molecule has 0 bridgehead atoms. The van der Waals surface area contributed by atoms with E-state index in [1.165, 1.54) is 5.56 Å². The van der Waals surface area contributed by atoms with Crippen molar-refractivity contribution in [2.45, 2.75) is 27.2 Å². The number of nitrogens with zero attached hydrogens (tertiary/aromatic N) is 1. The topological polar surface area (TPSA) is 0 Å². The van der Waals surface area contributed by atoms with Gasteiger partial charge in [-0.15, -0.1) is 0 Å². The summed E-state index contributed by atoms with van der Waals surface area (Å²) < 4.78 is 1.09. The lowest BCUT2D eigenvalue weighted by atomic mass is 10.1. The monoisotopic (exact) mass is 264 g/mol. The molecule has 98 valence electrons. The van der Waals surface area contributed by atoms with Gasteiger partial charge in [0.25, 0.3) is 0 Å². The van der Waals surface area contributed by atoms with Gasteiger partial charge in [0.2, 0.25) is 0 Å². The molecule has 1 aromatic carbocycles. The molecule has 1 nitrogen and oxygen atoms in total. The summed E-state index contributed by atoms with van der Waals surface area (Å²) in [5, 5.41) is 0.783. The number of halogens is 1. The van der Waals surface area contributed by atoms with Gasteiger partial charge >= 0.3 is 0 Å². The summed E-state index contributed by atoms with van der Waals surface area (Å²) in [6.45, 7) is 11.2. The van der Waals surface area contributed by atoms with Crippen molar-refractivity contribution >= 4 is 11.6 Å². The van der Waals surface area contributed by atoms with Crippen molar-refractivity contribution in [3.63, 3.8) is 0 Å². The van der Waals surface area contributed by atoms with Gasteiger partial charge in [-0.2, -0.15) is 0 Å². The normalized spacial score (nSPS) is 10.9. The first-order valence-electron chi connectivity index (χ1n) is 6.71. The van der Waals surface area contributed by atoms with E-state index in [0.717, 1.165) is 42.1 Å². The van der Waals surface area contributed by atoms with Crippen LogP contribution in [0.1, 0.15) is 26.3 Å². The molecule has 0 aliphatic heterocycles. The highest BCUT2D eigenvalue weighted by molar-refractivity contribution is 6.30. The Labute approximate surface area is 116 Å². The first kappa shape index (κ1) is 15.1. The van der Waals surface area contributed by atoms with Gasteiger partial charge in [-0.1, -0.05) is 29.7 Å². The van der Waals surface area contributed by atoms with E-state index in [2.05, 4.69) is 32.6 Å². The molecule has 2 heteroatoms. The summed E-state index contributed by atoms with van der Waals surface area (Å²) in [7, 11) is 0. The van der Waals surface area contributed by atoms with Crippen LogP contribution in [-0.2, 0) is 6.42 Å². The summed E-state index contributed by atoms with van der Waals surface area (Å²) in [5.74, 6) is 6.60. The Morgan fingerprint density at radius 1 is 0.944 bits per heavy atom. The van der Waals surface area contributed by atoms with Gasteiger partial charge in [0.15, 0.2) is 0 Å². The maximum atomic E-state index is 5.85. The molecule has 0 N–H and O–H groups in total. The highest BCUT2D eigenvalue weighted by Crippen LogP contribution is 2.09. The Morgan fingerprint density at radius 2 is 1.50 bits per heavy atom. The van der Waals surface area contributed by atoms with E-state index in [0.29, 0.717) is 0 Å². The van der Waals surface area contributed by atoms with Crippen LogP contribution in [0, 0.1) is 11.8 Å². The fourth-order valence-corrected chi connectivity index (χ4v) is 2.12. The second-order valence-electron chi connectivity index (χ2n) is 4.61. The Kier molecular flexibility index (Phi) is 6.25. The molecule has 0 amide bonds. The predicted molar refractivity (Wildman–Crippen MR) is 79.7 cm³/mol. The Bertz CT molecular complexity index is 399. The minimum Gasteiger partial charge on any atom is -0.314 e. The number of hydrogen-bond donors (Lipinski definition) is 0. The average Bonchev–Trinajstić information content (AvgIpc) is 2.42. The first-order chi connectivity index (χ1) is 8.65. The SMILES string of the molecule is CC[N+](CC)(CC)CC#CCc1ccc(Cl)cc1. The fraction of sp³-hybridized carbons (Fsp3) is 0.500. The van der Waals surface area contributed by atoms with Crippen LogP contribution in [0.15, 0.2) is 24.3 Å². The molecule has 0 aliphatic carbocycles. The average molecular weight is 265 g/mol. The molecule has 0 aromatic heterocycles. The predicted octanol–water partition coefficient (Wildman–Crippen LogP) is 3.76. The molecule has 0 unspecified atom stereocenters. The molecule has 0 saturated carbocycles. The molecule has 0 saturated heterocycles. The zero-order valence-corrected chi connectivity index (χ0v) is 12.4. The molecule has 1 rings (SSSR count). The zero-order valence-electron chi connectivity index (χ0n) is 11.7.